The summed E-state index contributed by atoms with van der Waals surface area (Å²) < 4.78 is 0. The van der Waals surface area contributed by atoms with E-state index in [0.29, 0.717) is 5.54 Å². The van der Waals surface area contributed by atoms with Gasteiger partial charge in [0, 0.05) is 18.6 Å². The van der Waals surface area contributed by atoms with E-state index in [1.54, 1.807) is 0 Å². The van der Waals surface area contributed by atoms with Crippen molar-refractivity contribution in [1.82, 2.24) is 4.90 Å². The molecule has 1 heteroatoms. The van der Waals surface area contributed by atoms with Crippen LogP contribution in [-0.4, -0.2) is 23.5 Å². The highest BCUT2D eigenvalue weighted by Crippen LogP contribution is 2.49. The van der Waals surface area contributed by atoms with Crippen LogP contribution in [0.1, 0.15) is 60.8 Å². The molecule has 0 amide bonds. The van der Waals surface area contributed by atoms with Gasteiger partial charge in [-0.15, -0.1) is 0 Å². The molecule has 0 aromatic carbocycles. The number of hydrogen-bond acceptors (Lipinski definition) is 1. The maximum Gasteiger partial charge on any atom is 0.0232 e. The van der Waals surface area contributed by atoms with E-state index >= 15 is 0 Å². The van der Waals surface area contributed by atoms with Gasteiger partial charge in [-0.2, -0.15) is 0 Å². The predicted octanol–water partition coefficient (Wildman–Crippen LogP) is 4.43. The fourth-order valence-electron chi connectivity index (χ4n) is 4.07. The summed E-state index contributed by atoms with van der Waals surface area (Å²) >= 11 is 0. The van der Waals surface area contributed by atoms with Crippen LogP contribution in [0.2, 0.25) is 0 Å². The van der Waals surface area contributed by atoms with Crippen molar-refractivity contribution in [2.45, 2.75) is 66.3 Å². The van der Waals surface area contributed by atoms with Crippen molar-refractivity contribution >= 4 is 0 Å². The molecule has 0 N–H and O–H groups in total. The van der Waals surface area contributed by atoms with Crippen molar-refractivity contribution in [2.24, 2.45) is 29.6 Å². The smallest absolute Gasteiger partial charge is 0.0232 e. The lowest BCUT2D eigenvalue weighted by Gasteiger charge is -2.60. The van der Waals surface area contributed by atoms with E-state index < -0.39 is 0 Å². The molecule has 1 saturated heterocycles. The van der Waals surface area contributed by atoms with Crippen LogP contribution >= 0.6 is 0 Å². The van der Waals surface area contributed by atoms with E-state index in [1.807, 2.05) is 0 Å². The third-order valence-corrected chi connectivity index (χ3v) is 6.41. The minimum absolute atomic E-state index is 0.469. The molecule has 2 rings (SSSR count). The summed E-state index contributed by atoms with van der Waals surface area (Å²) in [4.78, 5) is 2.81. The zero-order valence-electron chi connectivity index (χ0n) is 13.4. The monoisotopic (exact) mass is 251 g/mol. The Balaban J connectivity index is 1.96. The van der Waals surface area contributed by atoms with Gasteiger partial charge in [0.15, 0.2) is 0 Å². The van der Waals surface area contributed by atoms with Crippen LogP contribution in [0, 0.1) is 29.6 Å². The van der Waals surface area contributed by atoms with Crippen LogP contribution in [0.3, 0.4) is 0 Å². The molecule has 1 aliphatic carbocycles. The Hall–Kier alpha value is -0.0400. The molecule has 1 aliphatic heterocycles. The molecule has 2 atom stereocenters. The summed E-state index contributed by atoms with van der Waals surface area (Å²) in [5.74, 6) is 4.58. The van der Waals surface area contributed by atoms with Gasteiger partial charge in [0.2, 0.25) is 0 Å². The Bertz CT molecular complexity index is 273. The van der Waals surface area contributed by atoms with Crippen molar-refractivity contribution in [3.05, 3.63) is 0 Å². The summed E-state index contributed by atoms with van der Waals surface area (Å²) in [6.07, 6.45) is 4.26. The second kappa shape index (κ2) is 5.15. The van der Waals surface area contributed by atoms with E-state index in [1.165, 1.54) is 32.4 Å². The Labute approximate surface area is 114 Å². The average molecular weight is 251 g/mol. The molecule has 0 aromatic rings. The van der Waals surface area contributed by atoms with Crippen molar-refractivity contribution in [2.75, 3.05) is 13.1 Å². The number of likely N-dealkylation sites (tertiary alicyclic amines) is 1. The average Bonchev–Trinajstić information content (AvgIpc) is 2.21. The van der Waals surface area contributed by atoms with Gasteiger partial charge < -0.3 is 0 Å². The van der Waals surface area contributed by atoms with Gasteiger partial charge in [-0.25, -0.2) is 0 Å². The van der Waals surface area contributed by atoms with Gasteiger partial charge in [-0.1, -0.05) is 41.0 Å². The number of rotatable bonds is 5. The Morgan fingerprint density at radius 1 is 1.17 bits per heavy atom. The molecule has 1 heterocycles. The number of nitrogens with zero attached hydrogens (tertiary/aromatic N) is 1. The summed E-state index contributed by atoms with van der Waals surface area (Å²) in [6.45, 7) is 17.3. The lowest BCUT2D eigenvalue weighted by Crippen LogP contribution is -2.66. The lowest BCUT2D eigenvalue weighted by atomic mass is 9.60. The molecule has 2 unspecified atom stereocenters. The summed E-state index contributed by atoms with van der Waals surface area (Å²) in [7, 11) is 0. The normalized spacial score (nSPS) is 34.8. The molecule has 18 heavy (non-hydrogen) atoms. The zero-order valence-corrected chi connectivity index (χ0v) is 13.4. The highest BCUT2D eigenvalue weighted by Gasteiger charge is 2.50. The maximum absolute atomic E-state index is 2.81. The predicted molar refractivity (Wildman–Crippen MR) is 79.6 cm³/mol. The molecule has 0 bridgehead atoms. The molecule has 1 nitrogen and oxygen atoms in total. The van der Waals surface area contributed by atoms with Crippen molar-refractivity contribution in [3.63, 3.8) is 0 Å². The first-order valence-corrected chi connectivity index (χ1v) is 8.14. The maximum atomic E-state index is 2.81. The van der Waals surface area contributed by atoms with Crippen LogP contribution in [0.15, 0.2) is 0 Å². The van der Waals surface area contributed by atoms with E-state index in [-0.39, 0.29) is 0 Å². The highest BCUT2D eigenvalue weighted by atomic mass is 15.3. The topological polar surface area (TPSA) is 3.24 Å². The van der Waals surface area contributed by atoms with Crippen LogP contribution in [0.5, 0.6) is 0 Å². The van der Waals surface area contributed by atoms with Crippen molar-refractivity contribution < 1.29 is 0 Å². The molecule has 2 fully saturated rings. The molecular weight excluding hydrogens is 218 g/mol. The fourth-order valence-corrected chi connectivity index (χ4v) is 4.07. The van der Waals surface area contributed by atoms with Crippen LogP contribution < -0.4 is 0 Å². The van der Waals surface area contributed by atoms with E-state index in [2.05, 4.69) is 46.4 Å². The first-order valence-electron chi connectivity index (χ1n) is 8.14. The third-order valence-electron chi connectivity index (χ3n) is 6.41. The van der Waals surface area contributed by atoms with Gasteiger partial charge in [0.05, 0.1) is 0 Å². The Kier molecular flexibility index (Phi) is 4.11. The SMILES string of the molecule is CCC(C)C1CN(C(C)(C(C)C)C2CC(C)C2)C1. The summed E-state index contributed by atoms with van der Waals surface area (Å²) in [5.41, 5.74) is 0.469. The lowest BCUT2D eigenvalue weighted by molar-refractivity contribution is -0.108. The van der Waals surface area contributed by atoms with Crippen LogP contribution in [0.4, 0.5) is 0 Å². The van der Waals surface area contributed by atoms with Crippen molar-refractivity contribution in [1.29, 1.82) is 0 Å². The fraction of sp³-hybridized carbons (Fsp3) is 1.00. The molecule has 0 aromatic heterocycles. The second-order valence-corrected chi connectivity index (χ2v) is 7.70. The first-order chi connectivity index (χ1) is 8.39. The molecule has 2 aliphatic rings. The van der Waals surface area contributed by atoms with E-state index in [4.69, 9.17) is 0 Å². The highest BCUT2D eigenvalue weighted by molar-refractivity contribution is 5.04. The van der Waals surface area contributed by atoms with Gasteiger partial charge >= 0.3 is 0 Å². The molecular formula is C17H33N. The van der Waals surface area contributed by atoms with Gasteiger partial charge in [0.1, 0.15) is 0 Å². The second-order valence-electron chi connectivity index (χ2n) is 7.70. The summed E-state index contributed by atoms with van der Waals surface area (Å²) in [5, 5.41) is 0. The minimum atomic E-state index is 0.469. The molecule has 0 spiro atoms. The largest absolute Gasteiger partial charge is 0.297 e. The molecule has 0 radical (unpaired) electrons. The zero-order chi connectivity index (χ0) is 13.5. The summed E-state index contributed by atoms with van der Waals surface area (Å²) in [6, 6.07) is 0. The van der Waals surface area contributed by atoms with Gasteiger partial charge in [-0.3, -0.25) is 4.90 Å². The third kappa shape index (κ3) is 2.24. The van der Waals surface area contributed by atoms with E-state index in [0.717, 1.165) is 29.6 Å². The molecule has 106 valence electrons. The van der Waals surface area contributed by atoms with E-state index in [9.17, 15) is 0 Å². The van der Waals surface area contributed by atoms with Crippen LogP contribution in [0.25, 0.3) is 0 Å². The van der Waals surface area contributed by atoms with Gasteiger partial charge in [-0.05, 0) is 49.4 Å². The standard InChI is InChI=1S/C17H33N/c1-7-14(5)15-10-18(11-15)17(6,12(2)3)16-8-13(4)9-16/h12-16H,7-11H2,1-6H3. The Morgan fingerprint density at radius 2 is 1.72 bits per heavy atom. The number of hydrogen-bond donors (Lipinski definition) is 0. The minimum Gasteiger partial charge on any atom is -0.297 e. The quantitative estimate of drug-likeness (QED) is 0.699. The van der Waals surface area contributed by atoms with Gasteiger partial charge in [0.25, 0.3) is 0 Å². The molecule has 1 saturated carbocycles. The first kappa shape index (κ1) is 14.4. The van der Waals surface area contributed by atoms with Crippen LogP contribution in [-0.2, 0) is 0 Å². The Morgan fingerprint density at radius 3 is 2.11 bits per heavy atom. The van der Waals surface area contributed by atoms with Crippen molar-refractivity contribution in [3.8, 4) is 0 Å².